The molecular formula is C11H24N2O2S3. The standard InChI is InChI=1S/C11H24N2O2S3/c1-2-12-5-3-4-8-18(14,15)13-9-11-10-16-6-7-17-11/h11-13H,2-10H2,1H3. The molecule has 2 N–H and O–H groups in total. The molecule has 0 bridgehead atoms. The number of rotatable bonds is 9. The monoisotopic (exact) mass is 312 g/mol. The van der Waals surface area contributed by atoms with Gasteiger partial charge in [0.15, 0.2) is 0 Å². The fraction of sp³-hybridized carbons (Fsp3) is 1.00. The van der Waals surface area contributed by atoms with E-state index < -0.39 is 10.0 Å². The zero-order chi connectivity index (χ0) is 13.3. The van der Waals surface area contributed by atoms with Crippen LogP contribution in [0.2, 0.25) is 0 Å². The zero-order valence-electron chi connectivity index (χ0n) is 11.0. The first-order valence-electron chi connectivity index (χ1n) is 6.51. The Balaban J connectivity index is 2.10. The van der Waals surface area contributed by atoms with Gasteiger partial charge in [0.05, 0.1) is 5.75 Å². The summed E-state index contributed by atoms with van der Waals surface area (Å²) in [5, 5.41) is 3.64. The third kappa shape index (κ3) is 7.89. The second kappa shape index (κ2) is 9.47. The largest absolute Gasteiger partial charge is 0.317 e. The molecule has 4 nitrogen and oxygen atoms in total. The maximum Gasteiger partial charge on any atom is 0.211 e. The van der Waals surface area contributed by atoms with Gasteiger partial charge in [-0.3, -0.25) is 0 Å². The molecule has 1 heterocycles. The predicted octanol–water partition coefficient (Wildman–Crippen LogP) is 1.14. The predicted molar refractivity (Wildman–Crippen MR) is 83.1 cm³/mol. The van der Waals surface area contributed by atoms with E-state index in [0.29, 0.717) is 11.8 Å². The van der Waals surface area contributed by atoms with E-state index in [1.165, 1.54) is 5.75 Å². The molecule has 0 radical (unpaired) electrons. The molecule has 108 valence electrons. The Labute approximate surface area is 119 Å². The third-order valence-electron chi connectivity index (χ3n) is 2.68. The minimum Gasteiger partial charge on any atom is -0.317 e. The van der Waals surface area contributed by atoms with Crippen molar-refractivity contribution < 1.29 is 8.42 Å². The molecule has 1 aliphatic heterocycles. The third-order valence-corrected chi connectivity index (χ3v) is 6.96. The number of hydrogen-bond acceptors (Lipinski definition) is 5. The lowest BCUT2D eigenvalue weighted by atomic mass is 10.3. The van der Waals surface area contributed by atoms with Crippen molar-refractivity contribution in [2.75, 3.05) is 42.6 Å². The van der Waals surface area contributed by atoms with Gasteiger partial charge in [0.2, 0.25) is 10.0 Å². The van der Waals surface area contributed by atoms with Crippen LogP contribution in [0.5, 0.6) is 0 Å². The van der Waals surface area contributed by atoms with Crippen molar-refractivity contribution in [1.29, 1.82) is 0 Å². The lowest BCUT2D eigenvalue weighted by Gasteiger charge is -2.21. The van der Waals surface area contributed by atoms with Crippen LogP contribution in [0, 0.1) is 0 Å². The van der Waals surface area contributed by atoms with E-state index >= 15 is 0 Å². The molecule has 18 heavy (non-hydrogen) atoms. The topological polar surface area (TPSA) is 58.2 Å². The van der Waals surface area contributed by atoms with E-state index in [1.54, 1.807) is 0 Å². The van der Waals surface area contributed by atoms with Crippen LogP contribution < -0.4 is 10.0 Å². The summed E-state index contributed by atoms with van der Waals surface area (Å²) in [7, 11) is -3.07. The highest BCUT2D eigenvalue weighted by Gasteiger charge is 2.17. The van der Waals surface area contributed by atoms with Crippen molar-refractivity contribution in [3.05, 3.63) is 0 Å². The second-order valence-electron chi connectivity index (χ2n) is 4.30. The summed E-state index contributed by atoms with van der Waals surface area (Å²) >= 11 is 3.80. The molecule has 1 saturated heterocycles. The first-order valence-corrected chi connectivity index (χ1v) is 10.4. The summed E-state index contributed by atoms with van der Waals surface area (Å²) in [6.07, 6.45) is 1.65. The average Bonchev–Trinajstić information content (AvgIpc) is 2.38. The maximum atomic E-state index is 11.8. The van der Waals surface area contributed by atoms with Crippen LogP contribution in [-0.4, -0.2) is 56.3 Å². The SMILES string of the molecule is CCNCCCCS(=O)(=O)NCC1CSCCS1. The van der Waals surface area contributed by atoms with Crippen LogP contribution >= 0.6 is 23.5 Å². The van der Waals surface area contributed by atoms with Crippen molar-refractivity contribution >= 4 is 33.5 Å². The molecular weight excluding hydrogens is 288 g/mol. The highest BCUT2D eigenvalue weighted by Crippen LogP contribution is 2.23. The molecule has 0 amide bonds. The van der Waals surface area contributed by atoms with E-state index in [9.17, 15) is 8.42 Å². The lowest BCUT2D eigenvalue weighted by Crippen LogP contribution is -2.35. The fourth-order valence-corrected chi connectivity index (χ4v) is 5.57. The Kier molecular flexibility index (Phi) is 8.75. The van der Waals surface area contributed by atoms with E-state index in [4.69, 9.17) is 0 Å². The van der Waals surface area contributed by atoms with Gasteiger partial charge < -0.3 is 5.32 Å². The molecule has 7 heteroatoms. The minimum absolute atomic E-state index is 0.253. The molecule has 1 fully saturated rings. The van der Waals surface area contributed by atoms with E-state index in [2.05, 4.69) is 17.0 Å². The number of unbranched alkanes of at least 4 members (excludes halogenated alkanes) is 1. The van der Waals surface area contributed by atoms with Crippen LogP contribution in [0.4, 0.5) is 0 Å². The molecule has 0 aromatic rings. The Hall–Kier alpha value is 0.570. The summed E-state index contributed by atoms with van der Waals surface area (Å²) in [5.74, 6) is 3.65. The zero-order valence-corrected chi connectivity index (χ0v) is 13.4. The minimum atomic E-state index is -3.07. The highest BCUT2D eigenvalue weighted by atomic mass is 32.2. The van der Waals surface area contributed by atoms with Crippen LogP contribution in [0.25, 0.3) is 0 Å². The lowest BCUT2D eigenvalue weighted by molar-refractivity contribution is 0.574. The van der Waals surface area contributed by atoms with Crippen LogP contribution in [0.15, 0.2) is 0 Å². The Bertz CT molecular complexity index is 303. The summed E-state index contributed by atoms with van der Waals surface area (Å²) in [6.45, 7) is 4.49. The molecule has 1 aliphatic rings. The second-order valence-corrected chi connectivity index (χ2v) is 8.78. The summed E-state index contributed by atoms with van der Waals surface area (Å²) < 4.78 is 26.3. The van der Waals surface area contributed by atoms with Gasteiger partial charge in [-0.2, -0.15) is 23.5 Å². The van der Waals surface area contributed by atoms with E-state index in [1.807, 2.05) is 23.5 Å². The van der Waals surface area contributed by atoms with Crippen LogP contribution in [0.1, 0.15) is 19.8 Å². The molecule has 0 saturated carbocycles. The Morgan fingerprint density at radius 2 is 2.11 bits per heavy atom. The fourth-order valence-electron chi connectivity index (χ4n) is 1.67. The highest BCUT2D eigenvalue weighted by molar-refractivity contribution is 8.06. The number of nitrogens with one attached hydrogen (secondary N) is 2. The first-order chi connectivity index (χ1) is 8.64. The van der Waals surface area contributed by atoms with Gasteiger partial charge in [-0.15, -0.1) is 0 Å². The van der Waals surface area contributed by atoms with Gasteiger partial charge >= 0.3 is 0 Å². The molecule has 0 spiro atoms. The van der Waals surface area contributed by atoms with Crippen molar-refractivity contribution in [2.45, 2.75) is 25.0 Å². The van der Waals surface area contributed by atoms with E-state index in [0.717, 1.165) is 37.4 Å². The van der Waals surface area contributed by atoms with Crippen molar-refractivity contribution in [2.24, 2.45) is 0 Å². The van der Waals surface area contributed by atoms with Gasteiger partial charge in [-0.1, -0.05) is 6.92 Å². The summed E-state index contributed by atoms with van der Waals surface area (Å²) in [4.78, 5) is 0. The smallest absolute Gasteiger partial charge is 0.211 e. The van der Waals surface area contributed by atoms with Crippen LogP contribution in [-0.2, 0) is 10.0 Å². The summed E-state index contributed by atoms with van der Waals surface area (Å²) in [6, 6.07) is 0. The number of hydrogen-bond donors (Lipinski definition) is 2. The van der Waals surface area contributed by atoms with Crippen molar-refractivity contribution in [3.8, 4) is 0 Å². The first kappa shape index (κ1) is 16.6. The van der Waals surface area contributed by atoms with Gasteiger partial charge in [0.25, 0.3) is 0 Å². The maximum absolute atomic E-state index is 11.8. The van der Waals surface area contributed by atoms with Gasteiger partial charge in [-0.25, -0.2) is 13.1 Å². The van der Waals surface area contributed by atoms with Gasteiger partial charge in [0, 0.05) is 29.1 Å². The average molecular weight is 313 g/mol. The molecule has 1 atom stereocenters. The molecule has 0 aliphatic carbocycles. The Morgan fingerprint density at radius 3 is 2.78 bits per heavy atom. The van der Waals surface area contributed by atoms with Crippen molar-refractivity contribution in [3.63, 3.8) is 0 Å². The van der Waals surface area contributed by atoms with Gasteiger partial charge in [0.1, 0.15) is 0 Å². The molecule has 0 aromatic carbocycles. The molecule has 0 aromatic heterocycles. The Morgan fingerprint density at radius 1 is 1.28 bits per heavy atom. The number of thioether (sulfide) groups is 2. The normalized spacial score (nSPS) is 21.1. The number of sulfonamides is 1. The molecule has 1 unspecified atom stereocenters. The summed E-state index contributed by atoms with van der Waals surface area (Å²) in [5.41, 5.74) is 0. The van der Waals surface area contributed by atoms with Crippen molar-refractivity contribution in [1.82, 2.24) is 10.0 Å². The van der Waals surface area contributed by atoms with Crippen LogP contribution in [0.3, 0.4) is 0 Å². The quantitative estimate of drug-likeness (QED) is 0.625. The van der Waals surface area contributed by atoms with Gasteiger partial charge in [-0.05, 0) is 25.9 Å². The van der Waals surface area contributed by atoms with E-state index in [-0.39, 0.29) is 5.75 Å². The molecule has 1 rings (SSSR count).